The second-order valence-electron chi connectivity index (χ2n) is 12.7. The average molecular weight is 608 g/mol. The van der Waals surface area contributed by atoms with Gasteiger partial charge in [-0.15, -0.1) is 0 Å². The molecular weight excluding hydrogens is 554 g/mol. The molecule has 1 saturated heterocycles. The van der Waals surface area contributed by atoms with Gasteiger partial charge >= 0.3 is 12.1 Å². The molecule has 2 aromatic carbocycles. The van der Waals surface area contributed by atoms with Crippen molar-refractivity contribution >= 4 is 23.4 Å². The van der Waals surface area contributed by atoms with Crippen LogP contribution >= 0.6 is 0 Å². The minimum Gasteiger partial charge on any atom is -0.464 e. The number of anilines is 2. The molecule has 0 radical (unpaired) electrons. The van der Waals surface area contributed by atoms with Gasteiger partial charge < -0.3 is 19.5 Å². The highest BCUT2D eigenvalue weighted by Crippen LogP contribution is 2.42. The summed E-state index contributed by atoms with van der Waals surface area (Å²) >= 11 is 0. The standard InChI is InChI=1S/C36H53N3O5/c1-4-5-6-7-8-9-10-11-15-22-33(40)43-26-24-38-23-25-42-28-30(38)27-36(2,3)44-35(41)39-32-21-17-16-20-31(32)37-34(39)29-18-13-12-14-19-29/h12-14,16-21,30,34,37H,4-11,15,22-28H2,1-3H3. The van der Waals surface area contributed by atoms with Crippen LogP contribution in [0.4, 0.5) is 16.2 Å². The molecule has 1 amide bonds. The molecule has 0 bridgehead atoms. The van der Waals surface area contributed by atoms with Crippen molar-refractivity contribution in [2.45, 2.75) is 109 Å². The summed E-state index contributed by atoms with van der Waals surface area (Å²) in [6.45, 7) is 9.10. The van der Waals surface area contributed by atoms with Gasteiger partial charge in [-0.05, 0) is 38.0 Å². The molecule has 2 aliphatic rings. The smallest absolute Gasteiger partial charge is 0.416 e. The fourth-order valence-corrected chi connectivity index (χ4v) is 6.22. The van der Waals surface area contributed by atoms with E-state index in [1.807, 2.05) is 68.4 Å². The largest absolute Gasteiger partial charge is 0.464 e. The van der Waals surface area contributed by atoms with Gasteiger partial charge in [0.05, 0.1) is 24.6 Å². The van der Waals surface area contributed by atoms with Crippen LogP contribution in [0.2, 0.25) is 0 Å². The van der Waals surface area contributed by atoms with Crippen LogP contribution < -0.4 is 10.2 Å². The number of fused-ring (bicyclic) bond motifs is 1. The monoisotopic (exact) mass is 607 g/mol. The van der Waals surface area contributed by atoms with Crippen LogP contribution in [0, 0.1) is 0 Å². The van der Waals surface area contributed by atoms with Gasteiger partial charge in [-0.2, -0.15) is 0 Å². The molecule has 1 fully saturated rings. The second kappa shape index (κ2) is 17.4. The Kier molecular flexibility index (Phi) is 13.4. The summed E-state index contributed by atoms with van der Waals surface area (Å²) in [5.74, 6) is -0.112. The van der Waals surface area contributed by atoms with E-state index in [0.717, 1.165) is 36.3 Å². The third kappa shape index (κ3) is 10.2. The molecule has 2 atom stereocenters. The number of hydrogen-bond donors (Lipinski definition) is 1. The molecule has 44 heavy (non-hydrogen) atoms. The van der Waals surface area contributed by atoms with Crippen LogP contribution in [-0.4, -0.2) is 61.5 Å². The first-order valence-corrected chi connectivity index (χ1v) is 16.8. The molecule has 242 valence electrons. The predicted octanol–water partition coefficient (Wildman–Crippen LogP) is 8.09. The zero-order chi connectivity index (χ0) is 31.2. The summed E-state index contributed by atoms with van der Waals surface area (Å²) in [7, 11) is 0. The van der Waals surface area contributed by atoms with Gasteiger partial charge in [0.1, 0.15) is 18.4 Å². The number of esters is 1. The Bertz CT molecular complexity index is 1160. The average Bonchev–Trinajstić information content (AvgIpc) is 3.41. The Balaban J connectivity index is 1.22. The Morgan fingerprint density at radius 2 is 1.61 bits per heavy atom. The SMILES string of the molecule is CCCCCCCCCCCC(=O)OCCN1CCOCC1CC(C)(C)OC(=O)N1c2ccccc2NC1c1ccccc1. The van der Waals surface area contributed by atoms with Crippen molar-refractivity contribution in [1.82, 2.24) is 4.90 Å². The van der Waals surface area contributed by atoms with E-state index >= 15 is 0 Å². The van der Waals surface area contributed by atoms with Gasteiger partial charge in [0, 0.05) is 32.0 Å². The zero-order valence-electron chi connectivity index (χ0n) is 27.1. The number of nitrogens with zero attached hydrogens (tertiary/aromatic N) is 2. The minimum atomic E-state index is -0.744. The molecule has 2 unspecified atom stereocenters. The van der Waals surface area contributed by atoms with Gasteiger partial charge in [-0.1, -0.05) is 101 Å². The lowest BCUT2D eigenvalue weighted by Crippen LogP contribution is -2.51. The lowest BCUT2D eigenvalue weighted by atomic mass is 9.97. The van der Waals surface area contributed by atoms with E-state index in [1.165, 1.54) is 44.9 Å². The number of para-hydroxylation sites is 2. The lowest BCUT2D eigenvalue weighted by Gasteiger charge is -2.40. The van der Waals surface area contributed by atoms with E-state index in [2.05, 4.69) is 17.1 Å². The molecule has 0 aromatic heterocycles. The van der Waals surface area contributed by atoms with Crippen LogP contribution in [0.25, 0.3) is 0 Å². The molecular formula is C36H53N3O5. The molecule has 2 aromatic rings. The van der Waals surface area contributed by atoms with Crippen molar-refractivity contribution in [3.63, 3.8) is 0 Å². The maximum atomic E-state index is 13.7. The third-order valence-electron chi connectivity index (χ3n) is 8.59. The molecule has 2 heterocycles. The Morgan fingerprint density at radius 1 is 0.932 bits per heavy atom. The summed E-state index contributed by atoms with van der Waals surface area (Å²) in [6.07, 6.45) is 11.4. The summed E-state index contributed by atoms with van der Waals surface area (Å²) in [6, 6.07) is 17.8. The molecule has 0 saturated carbocycles. The van der Waals surface area contributed by atoms with Gasteiger partial charge in [0.15, 0.2) is 0 Å². The van der Waals surface area contributed by atoms with Crippen molar-refractivity contribution in [1.29, 1.82) is 0 Å². The lowest BCUT2D eigenvalue weighted by molar-refractivity contribution is -0.145. The molecule has 1 N–H and O–H groups in total. The molecule has 8 nitrogen and oxygen atoms in total. The molecule has 0 aliphatic carbocycles. The highest BCUT2D eigenvalue weighted by molar-refractivity contribution is 5.96. The first-order valence-electron chi connectivity index (χ1n) is 16.8. The third-order valence-corrected chi connectivity index (χ3v) is 8.59. The van der Waals surface area contributed by atoms with E-state index in [4.69, 9.17) is 14.2 Å². The number of amides is 1. The second-order valence-corrected chi connectivity index (χ2v) is 12.7. The number of unbranched alkanes of at least 4 members (excludes halogenated alkanes) is 8. The quantitative estimate of drug-likeness (QED) is 0.144. The topological polar surface area (TPSA) is 80.3 Å². The van der Waals surface area contributed by atoms with Crippen LogP contribution in [-0.2, 0) is 19.0 Å². The maximum Gasteiger partial charge on any atom is 0.416 e. The summed E-state index contributed by atoms with van der Waals surface area (Å²) < 4.78 is 17.6. The Morgan fingerprint density at radius 3 is 2.36 bits per heavy atom. The van der Waals surface area contributed by atoms with Crippen LogP contribution in [0.5, 0.6) is 0 Å². The van der Waals surface area contributed by atoms with Crippen LogP contribution in [0.3, 0.4) is 0 Å². The number of carbonyl (C=O) groups is 2. The molecule has 0 spiro atoms. The van der Waals surface area contributed by atoms with Crippen molar-refractivity contribution in [3.8, 4) is 0 Å². The van der Waals surface area contributed by atoms with Crippen molar-refractivity contribution < 1.29 is 23.8 Å². The van der Waals surface area contributed by atoms with Crippen molar-refractivity contribution in [2.24, 2.45) is 0 Å². The predicted molar refractivity (Wildman–Crippen MR) is 176 cm³/mol. The molecule has 2 aliphatic heterocycles. The maximum absolute atomic E-state index is 13.7. The van der Waals surface area contributed by atoms with E-state index in [0.29, 0.717) is 39.2 Å². The summed E-state index contributed by atoms with van der Waals surface area (Å²) in [5.41, 5.74) is 1.94. The highest BCUT2D eigenvalue weighted by Gasteiger charge is 2.39. The number of benzene rings is 2. The fraction of sp³-hybridized carbons (Fsp3) is 0.611. The van der Waals surface area contributed by atoms with Gasteiger partial charge in [0.2, 0.25) is 0 Å². The van der Waals surface area contributed by atoms with Crippen LogP contribution in [0.15, 0.2) is 54.6 Å². The van der Waals surface area contributed by atoms with Gasteiger partial charge in [-0.3, -0.25) is 14.6 Å². The summed E-state index contributed by atoms with van der Waals surface area (Å²) in [4.78, 5) is 30.1. The number of ether oxygens (including phenoxy) is 3. The number of morpholine rings is 1. The van der Waals surface area contributed by atoms with Crippen molar-refractivity contribution in [2.75, 3.05) is 43.1 Å². The number of rotatable bonds is 17. The van der Waals surface area contributed by atoms with Gasteiger partial charge in [-0.25, -0.2) is 4.79 Å². The number of nitrogens with one attached hydrogen (secondary N) is 1. The van der Waals surface area contributed by atoms with E-state index < -0.39 is 11.7 Å². The van der Waals surface area contributed by atoms with Gasteiger partial charge in [0.25, 0.3) is 0 Å². The van der Waals surface area contributed by atoms with E-state index in [-0.39, 0.29) is 18.2 Å². The molecule has 4 rings (SSSR count). The molecule has 8 heteroatoms. The summed E-state index contributed by atoms with van der Waals surface area (Å²) in [5, 5.41) is 3.47. The zero-order valence-corrected chi connectivity index (χ0v) is 27.1. The van der Waals surface area contributed by atoms with Crippen LogP contribution in [0.1, 0.15) is 103 Å². The fourth-order valence-electron chi connectivity index (χ4n) is 6.22. The van der Waals surface area contributed by atoms with E-state index in [9.17, 15) is 9.59 Å². The Labute approximate surface area is 264 Å². The van der Waals surface area contributed by atoms with Crippen molar-refractivity contribution in [3.05, 3.63) is 60.2 Å². The number of hydrogen-bond acceptors (Lipinski definition) is 7. The highest BCUT2D eigenvalue weighted by atomic mass is 16.6. The number of carbonyl (C=O) groups excluding carboxylic acids is 2. The normalized spacial score (nSPS) is 18.5. The minimum absolute atomic E-state index is 0.0523. The van der Waals surface area contributed by atoms with E-state index in [1.54, 1.807) is 4.90 Å². The first-order chi connectivity index (χ1) is 21.4. The Hall–Kier alpha value is -3.10. The first kappa shape index (κ1) is 33.8.